The van der Waals surface area contributed by atoms with Crippen LogP contribution in [0.25, 0.3) is 17.0 Å². The lowest BCUT2D eigenvalue weighted by atomic mass is 10.0. The summed E-state index contributed by atoms with van der Waals surface area (Å²) in [5.41, 5.74) is 15.4. The molecule has 7 heteroatoms. The summed E-state index contributed by atoms with van der Waals surface area (Å²) < 4.78 is 0. The lowest BCUT2D eigenvalue weighted by molar-refractivity contribution is -0.117. The van der Waals surface area contributed by atoms with Crippen LogP contribution in [0.15, 0.2) is 42.5 Å². The highest BCUT2D eigenvalue weighted by atomic mass is 16.2. The molecule has 0 spiro atoms. The molecular formula is C17H22N6O. The molecule has 0 bridgehead atoms. The van der Waals surface area contributed by atoms with Crippen molar-refractivity contribution in [3.05, 3.63) is 48.1 Å². The molecule has 0 saturated heterocycles. The van der Waals surface area contributed by atoms with Crippen LogP contribution < -0.4 is 22.1 Å². The number of rotatable bonds is 6. The predicted octanol–water partition coefficient (Wildman–Crippen LogP) is 1.10. The maximum Gasteiger partial charge on any atom is 0.269 e. The van der Waals surface area contributed by atoms with E-state index in [-0.39, 0.29) is 11.6 Å². The number of nitrogens with zero attached hydrogens (tertiary/aromatic N) is 2. The Kier molecular flexibility index (Phi) is 5.73. The molecule has 0 atom stereocenters. The second-order valence-electron chi connectivity index (χ2n) is 5.15. The minimum atomic E-state index is -0.328. The monoisotopic (exact) mass is 326 g/mol. The van der Waals surface area contributed by atoms with E-state index in [9.17, 15) is 4.79 Å². The summed E-state index contributed by atoms with van der Waals surface area (Å²) in [6.07, 6.45) is 5.66. The van der Waals surface area contributed by atoms with E-state index < -0.39 is 0 Å². The molecule has 0 radical (unpaired) electrons. The van der Waals surface area contributed by atoms with Gasteiger partial charge in [-0.1, -0.05) is 25.1 Å². The average molecular weight is 326 g/mol. The van der Waals surface area contributed by atoms with E-state index in [2.05, 4.69) is 20.6 Å². The first-order valence-corrected chi connectivity index (χ1v) is 7.71. The Bertz CT molecular complexity index is 742. The van der Waals surface area contributed by atoms with Gasteiger partial charge in [-0.25, -0.2) is 0 Å². The van der Waals surface area contributed by atoms with E-state index >= 15 is 0 Å². The molecule has 0 aliphatic heterocycles. The molecule has 0 saturated carbocycles. The molecule has 24 heavy (non-hydrogen) atoms. The summed E-state index contributed by atoms with van der Waals surface area (Å²) in [7, 11) is 1.70. The van der Waals surface area contributed by atoms with Gasteiger partial charge in [-0.05, 0) is 6.42 Å². The number of carbonyl (C=O) groups is 1. The van der Waals surface area contributed by atoms with Crippen molar-refractivity contribution in [2.45, 2.75) is 13.3 Å². The molecule has 1 heterocycles. The molecule has 0 unspecified atom stereocenters. The number of para-hydroxylation sites is 1. The topological polar surface area (TPSA) is 119 Å². The molecule has 126 valence electrons. The van der Waals surface area contributed by atoms with Crippen LogP contribution in [0.4, 0.5) is 5.69 Å². The Morgan fingerprint density at radius 3 is 2.71 bits per heavy atom. The van der Waals surface area contributed by atoms with Gasteiger partial charge in [-0.15, -0.1) is 0 Å². The molecule has 1 aromatic heterocycles. The fourth-order valence-electron chi connectivity index (χ4n) is 2.31. The van der Waals surface area contributed by atoms with Crippen molar-refractivity contribution in [2.24, 2.45) is 5.73 Å². The van der Waals surface area contributed by atoms with Gasteiger partial charge in [0.1, 0.15) is 5.70 Å². The molecule has 6 N–H and O–H groups in total. The number of nitrogens with two attached hydrogens (primary N) is 2. The van der Waals surface area contributed by atoms with E-state index in [1.807, 2.05) is 19.1 Å². The number of hydrogen-bond acceptors (Lipinski definition) is 6. The molecule has 1 aromatic carbocycles. The second kappa shape index (κ2) is 7.96. The van der Waals surface area contributed by atoms with Crippen LogP contribution in [-0.2, 0) is 4.79 Å². The highest BCUT2D eigenvalue weighted by molar-refractivity contribution is 6.01. The standard InChI is InChI=1S/C17H22N6O/c1-3-7-23-17(24)15(19)16(20-2)12-6-4-5-11(14(12)18)13-10-21-8-9-22-13/h4-6,8-10,20H,3,7,18-19H2,1-2H3,(H,23,24)/b16-15+. The van der Waals surface area contributed by atoms with Crippen molar-refractivity contribution in [1.82, 2.24) is 20.6 Å². The highest BCUT2D eigenvalue weighted by Gasteiger charge is 2.17. The summed E-state index contributed by atoms with van der Waals surface area (Å²) >= 11 is 0. The molecule has 2 aromatic rings. The van der Waals surface area contributed by atoms with Crippen molar-refractivity contribution in [1.29, 1.82) is 0 Å². The minimum Gasteiger partial charge on any atom is -0.398 e. The first-order chi connectivity index (χ1) is 11.6. The summed E-state index contributed by atoms with van der Waals surface area (Å²) in [5.74, 6) is -0.328. The number of nitrogens with one attached hydrogen (secondary N) is 2. The average Bonchev–Trinajstić information content (AvgIpc) is 2.62. The lowest BCUT2D eigenvalue weighted by Crippen LogP contribution is -2.32. The molecular weight excluding hydrogens is 304 g/mol. The van der Waals surface area contributed by atoms with E-state index in [1.54, 1.807) is 31.7 Å². The van der Waals surface area contributed by atoms with Crippen molar-refractivity contribution in [3.63, 3.8) is 0 Å². The van der Waals surface area contributed by atoms with Gasteiger partial charge in [0.2, 0.25) is 0 Å². The van der Waals surface area contributed by atoms with E-state index in [0.29, 0.717) is 29.2 Å². The normalized spacial score (nSPS) is 11.6. The number of hydrogen-bond donors (Lipinski definition) is 4. The van der Waals surface area contributed by atoms with Gasteiger partial charge < -0.3 is 22.1 Å². The second-order valence-corrected chi connectivity index (χ2v) is 5.15. The van der Waals surface area contributed by atoms with Crippen molar-refractivity contribution < 1.29 is 4.79 Å². The van der Waals surface area contributed by atoms with E-state index in [1.165, 1.54) is 0 Å². The third kappa shape index (κ3) is 3.62. The highest BCUT2D eigenvalue weighted by Crippen LogP contribution is 2.30. The summed E-state index contributed by atoms with van der Waals surface area (Å²) in [6, 6.07) is 5.49. The zero-order valence-corrected chi connectivity index (χ0v) is 13.8. The van der Waals surface area contributed by atoms with Crippen LogP contribution in [0.1, 0.15) is 18.9 Å². The van der Waals surface area contributed by atoms with Crippen LogP contribution in [0, 0.1) is 0 Å². The fraction of sp³-hybridized carbons (Fsp3) is 0.235. The van der Waals surface area contributed by atoms with Gasteiger partial charge in [-0.2, -0.15) is 0 Å². The first kappa shape index (κ1) is 17.3. The smallest absolute Gasteiger partial charge is 0.269 e. The Balaban J connectivity index is 2.48. The Labute approximate surface area is 141 Å². The lowest BCUT2D eigenvalue weighted by Gasteiger charge is -2.16. The number of anilines is 1. The third-order valence-corrected chi connectivity index (χ3v) is 3.51. The summed E-state index contributed by atoms with van der Waals surface area (Å²) in [6.45, 7) is 2.53. The quantitative estimate of drug-likeness (QED) is 0.466. The Morgan fingerprint density at radius 1 is 1.29 bits per heavy atom. The number of benzene rings is 1. The first-order valence-electron chi connectivity index (χ1n) is 7.71. The summed E-state index contributed by atoms with van der Waals surface area (Å²) in [4.78, 5) is 20.5. The number of nitrogen functional groups attached to an aromatic ring is 1. The Hall–Kier alpha value is -3.09. The molecule has 2 rings (SSSR count). The predicted molar refractivity (Wildman–Crippen MR) is 95.3 cm³/mol. The Morgan fingerprint density at radius 2 is 2.08 bits per heavy atom. The van der Waals surface area contributed by atoms with Gasteiger partial charge in [0.25, 0.3) is 5.91 Å². The van der Waals surface area contributed by atoms with Gasteiger partial charge in [0.15, 0.2) is 0 Å². The van der Waals surface area contributed by atoms with Crippen LogP contribution in [0.5, 0.6) is 0 Å². The maximum absolute atomic E-state index is 12.1. The van der Waals surface area contributed by atoms with Crippen molar-refractivity contribution in [2.75, 3.05) is 19.3 Å². The van der Waals surface area contributed by atoms with Crippen LogP contribution in [-0.4, -0.2) is 29.5 Å². The molecule has 0 aliphatic carbocycles. The van der Waals surface area contributed by atoms with Gasteiger partial charge in [0, 0.05) is 37.1 Å². The van der Waals surface area contributed by atoms with Gasteiger partial charge in [-0.3, -0.25) is 14.8 Å². The van der Waals surface area contributed by atoms with Gasteiger partial charge >= 0.3 is 0 Å². The van der Waals surface area contributed by atoms with Crippen LogP contribution in [0.2, 0.25) is 0 Å². The number of carbonyl (C=O) groups excluding carboxylic acids is 1. The third-order valence-electron chi connectivity index (χ3n) is 3.51. The molecule has 0 fully saturated rings. The molecule has 1 amide bonds. The van der Waals surface area contributed by atoms with E-state index in [0.717, 1.165) is 12.0 Å². The zero-order chi connectivity index (χ0) is 17.5. The molecule has 0 aliphatic rings. The fourth-order valence-corrected chi connectivity index (χ4v) is 2.31. The molecule has 7 nitrogen and oxygen atoms in total. The minimum absolute atomic E-state index is 0.0916. The van der Waals surface area contributed by atoms with Crippen LogP contribution >= 0.6 is 0 Å². The zero-order valence-electron chi connectivity index (χ0n) is 13.8. The number of aromatic nitrogens is 2. The number of amides is 1. The van der Waals surface area contributed by atoms with Crippen molar-refractivity contribution >= 4 is 17.3 Å². The summed E-state index contributed by atoms with van der Waals surface area (Å²) in [5, 5.41) is 5.73. The van der Waals surface area contributed by atoms with Crippen LogP contribution in [0.3, 0.4) is 0 Å². The van der Waals surface area contributed by atoms with Crippen molar-refractivity contribution in [3.8, 4) is 11.3 Å². The maximum atomic E-state index is 12.1. The van der Waals surface area contributed by atoms with Gasteiger partial charge in [0.05, 0.1) is 23.3 Å². The van der Waals surface area contributed by atoms with E-state index in [4.69, 9.17) is 11.5 Å². The largest absolute Gasteiger partial charge is 0.398 e. The SMILES string of the molecule is CCCNC(=O)/C(N)=C(\NC)c1cccc(-c2cnccn2)c1N.